The largest absolute Gasteiger partial charge is 0.469 e. The molecule has 0 bridgehead atoms. The van der Waals surface area contributed by atoms with Gasteiger partial charge in [-0.2, -0.15) is 0 Å². The minimum Gasteiger partial charge on any atom is -0.469 e. The van der Waals surface area contributed by atoms with Crippen LogP contribution in [0.4, 0.5) is 14.9 Å². The van der Waals surface area contributed by atoms with Crippen molar-refractivity contribution in [3.63, 3.8) is 0 Å². The highest BCUT2D eigenvalue weighted by atomic mass is 19.1. The van der Waals surface area contributed by atoms with E-state index in [1.54, 1.807) is 18.2 Å². The Hall–Kier alpha value is -2.68. The molecule has 2 saturated heterocycles. The maximum Gasteiger partial charge on any atom is 0.325 e. The molecule has 2 heterocycles. The lowest BCUT2D eigenvalue weighted by Crippen LogP contribution is -2.51. The normalized spacial score (nSPS) is 21.1. The maximum atomic E-state index is 13.9. The topological polar surface area (TPSA) is 82.2 Å². The van der Waals surface area contributed by atoms with Crippen molar-refractivity contribution in [1.29, 1.82) is 0 Å². The van der Waals surface area contributed by atoms with Crippen LogP contribution in [-0.4, -0.2) is 73.7 Å². The van der Waals surface area contributed by atoms with Crippen molar-refractivity contribution in [1.82, 2.24) is 15.1 Å². The lowest BCUT2D eigenvalue weighted by atomic mass is 10.2. The Labute approximate surface area is 150 Å². The first-order chi connectivity index (χ1) is 12.5. The number of anilines is 1. The van der Waals surface area contributed by atoms with Gasteiger partial charge in [0.2, 0.25) is 0 Å². The number of carbonyl (C=O) groups excluding carboxylic acids is 3. The summed E-state index contributed by atoms with van der Waals surface area (Å²) >= 11 is 0. The van der Waals surface area contributed by atoms with E-state index < -0.39 is 23.9 Å². The van der Waals surface area contributed by atoms with Crippen LogP contribution in [0.1, 0.15) is 6.42 Å². The van der Waals surface area contributed by atoms with Crippen molar-refractivity contribution in [3.8, 4) is 0 Å². The highest BCUT2D eigenvalue weighted by Crippen LogP contribution is 2.20. The first-order valence-corrected chi connectivity index (χ1v) is 8.40. The lowest BCUT2D eigenvalue weighted by Gasteiger charge is -2.37. The molecule has 1 aromatic rings. The Morgan fingerprint density at radius 1 is 1.23 bits per heavy atom. The number of nitrogens with one attached hydrogen (secondary N) is 1. The first-order valence-electron chi connectivity index (χ1n) is 8.40. The number of imide groups is 1. The van der Waals surface area contributed by atoms with Crippen LogP contribution in [0, 0.1) is 5.82 Å². The molecule has 140 valence electrons. The fourth-order valence-corrected chi connectivity index (χ4v) is 3.14. The number of piperazine rings is 1. The quantitative estimate of drug-likeness (QED) is 0.601. The Morgan fingerprint density at radius 2 is 1.92 bits per heavy atom. The van der Waals surface area contributed by atoms with Gasteiger partial charge in [0.1, 0.15) is 11.9 Å². The van der Waals surface area contributed by atoms with Crippen molar-refractivity contribution < 1.29 is 23.5 Å². The van der Waals surface area contributed by atoms with Crippen LogP contribution < -0.4 is 10.2 Å². The molecule has 26 heavy (non-hydrogen) atoms. The second kappa shape index (κ2) is 7.69. The second-order valence-electron chi connectivity index (χ2n) is 6.25. The van der Waals surface area contributed by atoms with Gasteiger partial charge in [0.25, 0.3) is 5.91 Å². The maximum absolute atomic E-state index is 13.9. The van der Waals surface area contributed by atoms with Gasteiger partial charge in [0, 0.05) is 26.2 Å². The minimum atomic E-state index is -0.880. The average Bonchev–Trinajstić information content (AvgIpc) is 2.90. The van der Waals surface area contributed by atoms with Gasteiger partial charge in [-0.3, -0.25) is 14.5 Å². The van der Waals surface area contributed by atoms with E-state index in [9.17, 15) is 18.8 Å². The summed E-state index contributed by atoms with van der Waals surface area (Å²) in [5, 5.41) is 2.50. The molecule has 0 aliphatic carbocycles. The van der Waals surface area contributed by atoms with Gasteiger partial charge < -0.3 is 15.0 Å². The molecule has 3 rings (SSSR count). The van der Waals surface area contributed by atoms with Crippen molar-refractivity contribution in [2.45, 2.75) is 12.5 Å². The zero-order valence-corrected chi connectivity index (χ0v) is 14.5. The number of amides is 3. The Morgan fingerprint density at radius 3 is 2.58 bits per heavy atom. The van der Waals surface area contributed by atoms with E-state index in [4.69, 9.17) is 0 Å². The molecule has 1 unspecified atom stereocenters. The molecule has 0 saturated carbocycles. The van der Waals surface area contributed by atoms with Crippen LogP contribution in [0.3, 0.4) is 0 Å². The summed E-state index contributed by atoms with van der Waals surface area (Å²) in [6.07, 6.45) is -0.182. The third-order valence-electron chi connectivity index (χ3n) is 4.61. The van der Waals surface area contributed by atoms with E-state index in [2.05, 4.69) is 10.1 Å². The number of nitrogens with zero attached hydrogens (tertiary/aromatic N) is 3. The third-order valence-corrected chi connectivity index (χ3v) is 4.61. The van der Waals surface area contributed by atoms with Crippen LogP contribution in [0.15, 0.2) is 24.3 Å². The van der Waals surface area contributed by atoms with Crippen LogP contribution >= 0.6 is 0 Å². The summed E-state index contributed by atoms with van der Waals surface area (Å²) in [4.78, 5) is 40.7. The number of rotatable bonds is 5. The number of urea groups is 1. The first kappa shape index (κ1) is 18.1. The van der Waals surface area contributed by atoms with E-state index in [0.717, 1.165) is 4.90 Å². The van der Waals surface area contributed by atoms with Crippen molar-refractivity contribution in [3.05, 3.63) is 30.1 Å². The number of hydrogen-bond acceptors (Lipinski definition) is 6. The number of carbonyl (C=O) groups is 3. The Kier molecular flexibility index (Phi) is 5.36. The van der Waals surface area contributed by atoms with Crippen molar-refractivity contribution in [2.24, 2.45) is 0 Å². The molecule has 2 fully saturated rings. The van der Waals surface area contributed by atoms with Gasteiger partial charge >= 0.3 is 12.0 Å². The van der Waals surface area contributed by atoms with Gasteiger partial charge in [-0.15, -0.1) is 0 Å². The molecule has 1 N–H and O–H groups in total. The summed E-state index contributed by atoms with van der Waals surface area (Å²) in [5.74, 6) is -1.25. The monoisotopic (exact) mass is 364 g/mol. The van der Waals surface area contributed by atoms with E-state index in [-0.39, 0.29) is 18.9 Å². The van der Waals surface area contributed by atoms with Gasteiger partial charge in [0.15, 0.2) is 0 Å². The summed E-state index contributed by atoms with van der Waals surface area (Å²) in [5.41, 5.74) is 0.556. The van der Waals surface area contributed by atoms with Crippen LogP contribution in [0.2, 0.25) is 0 Å². The molecule has 1 atom stereocenters. The molecule has 2 aliphatic rings. The number of hydrogen-bond donors (Lipinski definition) is 1. The molecular formula is C17H21FN4O4. The fourth-order valence-electron chi connectivity index (χ4n) is 3.14. The molecule has 3 amide bonds. The SMILES string of the molecule is COC(=O)CC1NC(=O)N(CN2CCN(c3ccccc3F)CC2)C1=O. The molecule has 9 heteroatoms. The fraction of sp³-hybridized carbons (Fsp3) is 0.471. The van der Waals surface area contributed by atoms with Crippen LogP contribution in [0.5, 0.6) is 0 Å². The summed E-state index contributed by atoms with van der Waals surface area (Å²) in [7, 11) is 1.23. The summed E-state index contributed by atoms with van der Waals surface area (Å²) in [6, 6.07) is 5.21. The zero-order valence-electron chi connectivity index (χ0n) is 14.5. The van der Waals surface area contributed by atoms with E-state index in [1.165, 1.54) is 13.2 Å². The molecule has 8 nitrogen and oxygen atoms in total. The number of benzene rings is 1. The smallest absolute Gasteiger partial charge is 0.325 e. The van der Waals surface area contributed by atoms with Crippen molar-refractivity contribution >= 4 is 23.6 Å². The second-order valence-corrected chi connectivity index (χ2v) is 6.25. The number of halogens is 1. The lowest BCUT2D eigenvalue weighted by molar-refractivity contribution is -0.143. The van der Waals surface area contributed by atoms with Crippen LogP contribution in [0.25, 0.3) is 0 Å². The average molecular weight is 364 g/mol. The Bertz CT molecular complexity index is 706. The van der Waals surface area contributed by atoms with Gasteiger partial charge in [-0.1, -0.05) is 12.1 Å². The molecule has 0 aromatic heterocycles. The van der Waals surface area contributed by atoms with E-state index in [0.29, 0.717) is 31.9 Å². The molecule has 1 aromatic carbocycles. The van der Waals surface area contributed by atoms with Gasteiger partial charge in [0.05, 0.1) is 25.9 Å². The Balaban J connectivity index is 1.54. The molecular weight excluding hydrogens is 343 g/mol. The highest BCUT2D eigenvalue weighted by Gasteiger charge is 2.40. The zero-order chi connectivity index (χ0) is 18.7. The minimum absolute atomic E-state index is 0.146. The number of para-hydroxylation sites is 1. The van der Waals surface area contributed by atoms with E-state index in [1.807, 2.05) is 9.80 Å². The summed E-state index contributed by atoms with van der Waals surface area (Å²) < 4.78 is 18.4. The third kappa shape index (κ3) is 3.77. The predicted molar refractivity (Wildman–Crippen MR) is 90.9 cm³/mol. The van der Waals surface area contributed by atoms with Gasteiger partial charge in [-0.05, 0) is 12.1 Å². The molecule has 2 aliphatic heterocycles. The standard InChI is InChI=1S/C17H21FN4O4/c1-26-15(23)10-13-16(24)22(17(25)19-13)11-20-6-8-21(9-7-20)14-5-3-2-4-12(14)18/h2-5,13H,6-11H2,1H3,(H,19,25). The number of esters is 1. The molecule has 0 radical (unpaired) electrons. The number of methoxy groups -OCH3 is 1. The van der Waals surface area contributed by atoms with E-state index >= 15 is 0 Å². The van der Waals surface area contributed by atoms with Crippen molar-refractivity contribution in [2.75, 3.05) is 44.9 Å². The highest BCUT2D eigenvalue weighted by molar-refractivity contribution is 6.05. The number of ether oxygens (including phenoxy) is 1. The van der Waals surface area contributed by atoms with Gasteiger partial charge in [-0.25, -0.2) is 14.1 Å². The summed E-state index contributed by atoms with van der Waals surface area (Å²) in [6.45, 7) is 2.51. The predicted octanol–water partition coefficient (Wildman–Crippen LogP) is 0.389. The van der Waals surface area contributed by atoms with Crippen LogP contribution in [-0.2, 0) is 14.3 Å². The molecule has 0 spiro atoms.